The van der Waals surface area contributed by atoms with Crippen LogP contribution < -0.4 is 5.32 Å². The maximum atomic E-state index is 11.9. The molecule has 0 aliphatic rings. The molecule has 2 atom stereocenters. The molecule has 0 aliphatic heterocycles. The van der Waals surface area contributed by atoms with Gasteiger partial charge in [0.25, 0.3) is 0 Å². The molecule has 0 radical (unpaired) electrons. The second-order valence-corrected chi connectivity index (χ2v) is 5.69. The third-order valence-corrected chi connectivity index (χ3v) is 3.01. The lowest BCUT2D eigenvalue weighted by atomic mass is 9.84. The van der Waals surface area contributed by atoms with Gasteiger partial charge in [-0.25, -0.2) is 0 Å². The Labute approximate surface area is 111 Å². The summed E-state index contributed by atoms with van der Waals surface area (Å²) >= 11 is 0. The van der Waals surface area contributed by atoms with Gasteiger partial charge >= 0.3 is 5.97 Å². The van der Waals surface area contributed by atoms with Crippen molar-refractivity contribution in [2.75, 3.05) is 13.2 Å². The molecular formula is C14H29NO3. The summed E-state index contributed by atoms with van der Waals surface area (Å²) < 4.78 is 5.08. The summed E-state index contributed by atoms with van der Waals surface area (Å²) in [7, 11) is 0. The van der Waals surface area contributed by atoms with E-state index in [1.165, 1.54) is 0 Å². The van der Waals surface area contributed by atoms with Crippen molar-refractivity contribution in [1.29, 1.82) is 0 Å². The normalized spacial score (nSPS) is 15.2. The molecule has 0 bridgehead atoms. The molecule has 2 N–H and O–H groups in total. The molecule has 0 saturated carbocycles. The minimum absolute atomic E-state index is 0.00121. The van der Waals surface area contributed by atoms with Crippen LogP contribution >= 0.6 is 0 Å². The van der Waals surface area contributed by atoms with Crippen molar-refractivity contribution in [1.82, 2.24) is 5.32 Å². The highest BCUT2D eigenvalue weighted by Crippen LogP contribution is 2.22. The molecule has 0 rings (SSSR count). The first kappa shape index (κ1) is 17.4. The van der Waals surface area contributed by atoms with Crippen molar-refractivity contribution in [3.8, 4) is 0 Å². The van der Waals surface area contributed by atoms with Gasteiger partial charge in [-0.3, -0.25) is 4.79 Å². The van der Waals surface area contributed by atoms with Crippen LogP contribution in [0.15, 0.2) is 0 Å². The Kier molecular flexibility index (Phi) is 8.20. The second-order valence-electron chi connectivity index (χ2n) is 5.69. The Morgan fingerprint density at radius 1 is 1.28 bits per heavy atom. The fourth-order valence-corrected chi connectivity index (χ4v) is 1.94. The molecule has 18 heavy (non-hydrogen) atoms. The summed E-state index contributed by atoms with van der Waals surface area (Å²) in [6.45, 7) is 10.7. The van der Waals surface area contributed by atoms with E-state index in [-0.39, 0.29) is 30.1 Å². The van der Waals surface area contributed by atoms with Crippen LogP contribution in [0.25, 0.3) is 0 Å². The fraction of sp³-hybridized carbons (Fsp3) is 0.929. The van der Waals surface area contributed by atoms with Crippen molar-refractivity contribution >= 4 is 5.97 Å². The topological polar surface area (TPSA) is 58.6 Å². The van der Waals surface area contributed by atoms with Crippen molar-refractivity contribution in [2.24, 2.45) is 5.41 Å². The quantitative estimate of drug-likeness (QED) is 0.655. The number of hydrogen-bond donors (Lipinski definition) is 2. The smallest absolute Gasteiger partial charge is 0.323 e. The number of aliphatic hydroxyl groups excluding tert-OH is 1. The zero-order chi connectivity index (χ0) is 14.2. The molecule has 0 spiro atoms. The van der Waals surface area contributed by atoms with Gasteiger partial charge in [0.1, 0.15) is 6.04 Å². The molecule has 0 aromatic heterocycles. The summed E-state index contributed by atoms with van der Waals surface area (Å²) in [4.78, 5) is 11.9. The second kappa shape index (κ2) is 8.48. The minimum Gasteiger partial charge on any atom is -0.465 e. The zero-order valence-electron chi connectivity index (χ0n) is 12.5. The van der Waals surface area contributed by atoms with Crippen molar-refractivity contribution < 1.29 is 14.6 Å². The number of ether oxygens (including phenoxy) is 1. The van der Waals surface area contributed by atoms with Gasteiger partial charge in [0.2, 0.25) is 0 Å². The lowest BCUT2D eigenvalue weighted by Gasteiger charge is -2.34. The Morgan fingerprint density at radius 2 is 1.89 bits per heavy atom. The molecule has 0 aromatic carbocycles. The standard InChI is InChI=1S/C14H29NO3/c1-6-8-11(13(17)18-7-2)15-12(9-10-16)14(3,4)5/h11-12,15-16H,6-10H2,1-5H3. The molecule has 4 nitrogen and oxygen atoms in total. The van der Waals surface area contributed by atoms with Crippen LogP contribution in [-0.2, 0) is 9.53 Å². The van der Waals surface area contributed by atoms with E-state index in [2.05, 4.69) is 26.1 Å². The van der Waals surface area contributed by atoms with E-state index in [4.69, 9.17) is 9.84 Å². The van der Waals surface area contributed by atoms with Crippen LogP contribution in [0.1, 0.15) is 53.9 Å². The fourth-order valence-electron chi connectivity index (χ4n) is 1.94. The largest absolute Gasteiger partial charge is 0.465 e. The first-order chi connectivity index (χ1) is 8.36. The molecule has 0 amide bonds. The minimum atomic E-state index is -0.272. The lowest BCUT2D eigenvalue weighted by Crippen LogP contribution is -2.50. The third-order valence-electron chi connectivity index (χ3n) is 3.01. The van der Waals surface area contributed by atoms with E-state index in [0.29, 0.717) is 13.0 Å². The molecule has 0 saturated heterocycles. The highest BCUT2D eigenvalue weighted by molar-refractivity contribution is 5.75. The Bertz CT molecular complexity index is 236. The molecule has 2 unspecified atom stereocenters. The van der Waals surface area contributed by atoms with E-state index >= 15 is 0 Å². The first-order valence-electron chi connectivity index (χ1n) is 6.90. The first-order valence-corrected chi connectivity index (χ1v) is 6.90. The Balaban J connectivity index is 4.65. The van der Waals surface area contributed by atoms with Crippen LogP contribution in [0.2, 0.25) is 0 Å². The SMILES string of the molecule is CCCC(NC(CCO)C(C)(C)C)C(=O)OCC. The summed E-state index contributed by atoms with van der Waals surface area (Å²) in [5, 5.41) is 12.5. The van der Waals surface area contributed by atoms with Crippen molar-refractivity contribution in [3.05, 3.63) is 0 Å². The number of rotatable bonds is 8. The molecular weight excluding hydrogens is 230 g/mol. The maximum Gasteiger partial charge on any atom is 0.323 e. The number of carbonyl (C=O) groups is 1. The van der Waals surface area contributed by atoms with E-state index < -0.39 is 0 Å². The summed E-state index contributed by atoms with van der Waals surface area (Å²) in [5.74, 6) is -0.188. The van der Waals surface area contributed by atoms with Gasteiger partial charge in [-0.2, -0.15) is 0 Å². The number of carbonyl (C=O) groups excluding carboxylic acids is 1. The molecule has 0 heterocycles. The number of nitrogens with one attached hydrogen (secondary N) is 1. The summed E-state index contributed by atoms with van der Waals surface area (Å²) in [6.07, 6.45) is 2.33. The van der Waals surface area contributed by atoms with Gasteiger partial charge in [0.05, 0.1) is 6.61 Å². The molecule has 108 valence electrons. The Hall–Kier alpha value is -0.610. The highest BCUT2D eigenvalue weighted by Gasteiger charge is 2.29. The van der Waals surface area contributed by atoms with E-state index in [0.717, 1.165) is 12.8 Å². The van der Waals surface area contributed by atoms with Gasteiger partial charge < -0.3 is 15.2 Å². The van der Waals surface area contributed by atoms with Crippen LogP contribution in [0.5, 0.6) is 0 Å². The van der Waals surface area contributed by atoms with Gasteiger partial charge in [0, 0.05) is 12.6 Å². The van der Waals surface area contributed by atoms with Gasteiger partial charge in [0.15, 0.2) is 0 Å². The van der Waals surface area contributed by atoms with Crippen molar-refractivity contribution in [2.45, 2.75) is 66.0 Å². The third kappa shape index (κ3) is 6.36. The van der Waals surface area contributed by atoms with Crippen LogP contribution in [0.4, 0.5) is 0 Å². The molecule has 0 fully saturated rings. The number of esters is 1. The Morgan fingerprint density at radius 3 is 2.28 bits per heavy atom. The average molecular weight is 259 g/mol. The predicted molar refractivity (Wildman–Crippen MR) is 73.4 cm³/mol. The van der Waals surface area contributed by atoms with Crippen LogP contribution in [0, 0.1) is 5.41 Å². The lowest BCUT2D eigenvalue weighted by molar-refractivity contribution is -0.146. The summed E-state index contributed by atoms with van der Waals surface area (Å²) in [6, 6.07) is -0.172. The van der Waals surface area contributed by atoms with E-state index in [1.807, 2.05) is 13.8 Å². The average Bonchev–Trinajstić information content (AvgIpc) is 2.26. The number of aliphatic hydroxyl groups is 1. The maximum absolute atomic E-state index is 11.9. The van der Waals surface area contributed by atoms with E-state index in [9.17, 15) is 4.79 Å². The monoisotopic (exact) mass is 259 g/mol. The van der Waals surface area contributed by atoms with Crippen molar-refractivity contribution in [3.63, 3.8) is 0 Å². The van der Waals surface area contributed by atoms with Gasteiger partial charge in [-0.15, -0.1) is 0 Å². The van der Waals surface area contributed by atoms with Crippen LogP contribution in [-0.4, -0.2) is 36.4 Å². The predicted octanol–water partition coefficient (Wildman–Crippen LogP) is 2.10. The molecule has 0 aliphatic carbocycles. The highest BCUT2D eigenvalue weighted by atomic mass is 16.5. The van der Waals surface area contributed by atoms with Crippen LogP contribution in [0.3, 0.4) is 0 Å². The van der Waals surface area contributed by atoms with Gasteiger partial charge in [-0.1, -0.05) is 34.1 Å². The molecule has 4 heteroatoms. The molecule has 0 aromatic rings. The summed E-state index contributed by atoms with van der Waals surface area (Å²) in [5.41, 5.74) is 0.00121. The number of hydrogen-bond acceptors (Lipinski definition) is 4. The van der Waals surface area contributed by atoms with Gasteiger partial charge in [-0.05, 0) is 25.2 Å². The zero-order valence-corrected chi connectivity index (χ0v) is 12.5. The van der Waals surface area contributed by atoms with E-state index in [1.54, 1.807) is 0 Å².